The van der Waals surface area contributed by atoms with Gasteiger partial charge in [-0.05, 0) is 43.7 Å². The van der Waals surface area contributed by atoms with Crippen molar-refractivity contribution in [2.24, 2.45) is 11.8 Å². The van der Waals surface area contributed by atoms with Crippen molar-refractivity contribution in [3.8, 4) is 11.3 Å². The van der Waals surface area contributed by atoms with Gasteiger partial charge < -0.3 is 15.1 Å². The summed E-state index contributed by atoms with van der Waals surface area (Å²) in [7, 11) is 0. The minimum atomic E-state index is -0.710. The highest BCUT2D eigenvalue weighted by Gasteiger charge is 2.52. The lowest BCUT2D eigenvalue weighted by Gasteiger charge is -2.43. The number of fused-ring (bicyclic) bond motifs is 1. The molecular formula is C22H25N3O3. The van der Waals surface area contributed by atoms with E-state index >= 15 is 0 Å². The van der Waals surface area contributed by atoms with Crippen LogP contribution in [0.1, 0.15) is 43.0 Å². The number of aliphatic hydroxyl groups is 1. The fraction of sp³-hybridized carbons (Fsp3) is 0.500. The van der Waals surface area contributed by atoms with E-state index in [9.17, 15) is 15.0 Å². The van der Waals surface area contributed by atoms with Crippen LogP contribution in [-0.4, -0.2) is 44.8 Å². The summed E-state index contributed by atoms with van der Waals surface area (Å²) in [5.41, 5.74) is 5.41. The number of carboxylic acids is 1. The zero-order valence-electron chi connectivity index (χ0n) is 16.2. The molecule has 1 aromatic heterocycles. The molecule has 6 nitrogen and oxygen atoms in total. The van der Waals surface area contributed by atoms with Gasteiger partial charge in [-0.15, -0.1) is 0 Å². The van der Waals surface area contributed by atoms with Gasteiger partial charge in [0, 0.05) is 29.3 Å². The van der Waals surface area contributed by atoms with Crippen molar-refractivity contribution < 1.29 is 15.0 Å². The first-order valence-electron chi connectivity index (χ1n) is 10.1. The Bertz CT molecular complexity index is 960. The highest BCUT2D eigenvalue weighted by Crippen LogP contribution is 2.54. The van der Waals surface area contributed by atoms with Gasteiger partial charge >= 0.3 is 5.97 Å². The molecule has 2 heterocycles. The number of hydrogen-bond acceptors (Lipinski definition) is 5. The van der Waals surface area contributed by atoms with E-state index in [1.807, 2.05) is 26.0 Å². The maximum Gasteiger partial charge on any atom is 0.307 e. The molecule has 2 aromatic rings. The Labute approximate surface area is 164 Å². The van der Waals surface area contributed by atoms with E-state index in [-0.39, 0.29) is 29.9 Å². The number of aliphatic carboxylic acids is 1. The first-order valence-corrected chi connectivity index (χ1v) is 10.1. The van der Waals surface area contributed by atoms with E-state index in [2.05, 4.69) is 17.0 Å². The predicted molar refractivity (Wildman–Crippen MR) is 105 cm³/mol. The molecule has 6 heteroatoms. The molecule has 3 aliphatic rings. The number of carbonyl (C=O) groups is 1. The summed E-state index contributed by atoms with van der Waals surface area (Å²) >= 11 is 0. The standard InChI is InChI=1S/C22H25N3O3/c1-11-18(19(11)21(27)28)13-5-3-6-14(9-13)20-15-7-4-8-16(15)23-22(24-20)25-10-17(26)12(25)2/h3,5-6,9,11-12,17-19,26H,4,7-8,10H2,1-2H3,(H,27,28)/t11?,12-,17?,18?,19?/m0/s1. The zero-order valence-corrected chi connectivity index (χ0v) is 16.2. The van der Waals surface area contributed by atoms with E-state index in [1.54, 1.807) is 0 Å². The average Bonchev–Trinajstić information content (AvgIpc) is 3.15. The lowest BCUT2D eigenvalue weighted by molar-refractivity contribution is -0.138. The molecule has 5 atom stereocenters. The second-order valence-corrected chi connectivity index (χ2v) is 8.49. The third-order valence-electron chi connectivity index (χ3n) is 6.82. The van der Waals surface area contributed by atoms with Crippen molar-refractivity contribution in [1.29, 1.82) is 0 Å². The molecule has 4 unspecified atom stereocenters. The molecular weight excluding hydrogens is 354 g/mol. The number of β-amino-alcohol motifs (C(OH)–C–C–N with tert-alkyl or cyclic N) is 1. The fourth-order valence-corrected chi connectivity index (χ4v) is 4.89. The molecule has 1 saturated carbocycles. The maximum absolute atomic E-state index is 11.4. The maximum atomic E-state index is 11.4. The van der Waals surface area contributed by atoms with Crippen LogP contribution in [0.5, 0.6) is 0 Å². The minimum absolute atomic E-state index is 0.0299. The van der Waals surface area contributed by atoms with Crippen LogP contribution in [-0.2, 0) is 17.6 Å². The largest absolute Gasteiger partial charge is 0.481 e. The zero-order chi connectivity index (χ0) is 19.6. The Kier molecular flexibility index (Phi) is 3.95. The lowest BCUT2D eigenvalue weighted by Crippen LogP contribution is -2.59. The van der Waals surface area contributed by atoms with Gasteiger partial charge in [0.15, 0.2) is 0 Å². The highest BCUT2D eigenvalue weighted by molar-refractivity contribution is 5.77. The van der Waals surface area contributed by atoms with E-state index in [0.29, 0.717) is 12.5 Å². The van der Waals surface area contributed by atoms with Crippen molar-refractivity contribution in [3.05, 3.63) is 41.1 Å². The number of nitrogens with zero attached hydrogens (tertiary/aromatic N) is 3. The Morgan fingerprint density at radius 3 is 2.71 bits per heavy atom. The van der Waals surface area contributed by atoms with Gasteiger partial charge in [-0.1, -0.05) is 25.1 Å². The topological polar surface area (TPSA) is 86.5 Å². The van der Waals surface area contributed by atoms with Crippen LogP contribution in [0.3, 0.4) is 0 Å². The summed E-state index contributed by atoms with van der Waals surface area (Å²) in [5.74, 6) is -0.0499. The van der Waals surface area contributed by atoms with Crippen LogP contribution in [0.2, 0.25) is 0 Å². The Morgan fingerprint density at radius 1 is 1.21 bits per heavy atom. The number of rotatable bonds is 4. The molecule has 0 radical (unpaired) electrons. The third kappa shape index (κ3) is 2.62. The SMILES string of the molecule is CC1C(C(=O)O)C1c1cccc(-c2nc(N3CC(O)[C@@H]3C)nc3c2CCC3)c1. The Balaban J connectivity index is 1.54. The number of hydrogen-bond donors (Lipinski definition) is 2. The molecule has 2 fully saturated rings. The third-order valence-corrected chi connectivity index (χ3v) is 6.82. The van der Waals surface area contributed by atoms with Crippen LogP contribution in [0.4, 0.5) is 5.95 Å². The molecule has 2 aliphatic carbocycles. The number of benzene rings is 1. The number of carboxylic acid groups (broad SMARTS) is 1. The highest BCUT2D eigenvalue weighted by atomic mass is 16.4. The van der Waals surface area contributed by atoms with E-state index < -0.39 is 5.97 Å². The summed E-state index contributed by atoms with van der Waals surface area (Å²) in [6, 6.07) is 8.24. The molecule has 0 bridgehead atoms. The normalized spacial score (nSPS) is 30.7. The Hall–Kier alpha value is -2.47. The van der Waals surface area contributed by atoms with E-state index in [1.165, 1.54) is 5.56 Å². The summed E-state index contributed by atoms with van der Waals surface area (Å²) in [6.07, 6.45) is 2.69. The van der Waals surface area contributed by atoms with Gasteiger partial charge in [-0.2, -0.15) is 0 Å². The van der Waals surface area contributed by atoms with Crippen LogP contribution >= 0.6 is 0 Å². The van der Waals surface area contributed by atoms with Gasteiger partial charge in [0.25, 0.3) is 0 Å². The van der Waals surface area contributed by atoms with Gasteiger partial charge in [0.05, 0.1) is 23.8 Å². The molecule has 1 aromatic carbocycles. The van der Waals surface area contributed by atoms with Gasteiger partial charge in [-0.25, -0.2) is 9.97 Å². The minimum Gasteiger partial charge on any atom is -0.481 e. The molecule has 1 saturated heterocycles. The summed E-state index contributed by atoms with van der Waals surface area (Å²) in [6.45, 7) is 4.57. The molecule has 28 heavy (non-hydrogen) atoms. The smallest absolute Gasteiger partial charge is 0.307 e. The summed E-state index contributed by atoms with van der Waals surface area (Å²) < 4.78 is 0. The van der Waals surface area contributed by atoms with E-state index in [4.69, 9.17) is 9.97 Å². The molecule has 2 N–H and O–H groups in total. The number of anilines is 1. The monoisotopic (exact) mass is 379 g/mol. The van der Waals surface area contributed by atoms with Crippen LogP contribution in [0, 0.1) is 11.8 Å². The van der Waals surface area contributed by atoms with Crippen molar-refractivity contribution in [1.82, 2.24) is 9.97 Å². The Morgan fingerprint density at radius 2 is 2.04 bits per heavy atom. The van der Waals surface area contributed by atoms with Crippen molar-refractivity contribution >= 4 is 11.9 Å². The van der Waals surface area contributed by atoms with Crippen LogP contribution < -0.4 is 4.90 Å². The quantitative estimate of drug-likeness (QED) is 0.849. The van der Waals surface area contributed by atoms with Crippen LogP contribution in [0.25, 0.3) is 11.3 Å². The van der Waals surface area contributed by atoms with Crippen molar-refractivity contribution in [2.45, 2.75) is 51.2 Å². The second kappa shape index (κ2) is 6.27. The van der Waals surface area contributed by atoms with Gasteiger partial charge in [0.1, 0.15) is 0 Å². The fourth-order valence-electron chi connectivity index (χ4n) is 4.89. The molecule has 0 amide bonds. The number of aryl methyl sites for hydroxylation is 1. The van der Waals surface area contributed by atoms with E-state index in [0.717, 1.165) is 41.8 Å². The molecule has 1 aliphatic heterocycles. The average molecular weight is 379 g/mol. The number of aromatic nitrogens is 2. The summed E-state index contributed by atoms with van der Waals surface area (Å²) in [4.78, 5) is 23.2. The van der Waals surface area contributed by atoms with Crippen LogP contribution in [0.15, 0.2) is 24.3 Å². The molecule has 5 rings (SSSR count). The molecule has 0 spiro atoms. The lowest BCUT2D eigenvalue weighted by atomic mass is 9.99. The number of aliphatic hydroxyl groups excluding tert-OH is 1. The first-order chi connectivity index (χ1) is 13.5. The van der Waals surface area contributed by atoms with Gasteiger partial charge in [0.2, 0.25) is 5.95 Å². The first kappa shape index (κ1) is 17.6. The van der Waals surface area contributed by atoms with Crippen molar-refractivity contribution in [3.63, 3.8) is 0 Å². The second-order valence-electron chi connectivity index (χ2n) is 8.49. The molecule has 146 valence electrons. The summed E-state index contributed by atoms with van der Waals surface area (Å²) in [5, 5.41) is 19.3. The predicted octanol–water partition coefficient (Wildman–Crippen LogP) is 2.64. The van der Waals surface area contributed by atoms with Crippen molar-refractivity contribution in [2.75, 3.05) is 11.4 Å². The van der Waals surface area contributed by atoms with Gasteiger partial charge in [-0.3, -0.25) is 4.79 Å².